The van der Waals surface area contributed by atoms with E-state index >= 15 is 0 Å². The molecule has 0 amide bonds. The third-order valence-corrected chi connectivity index (χ3v) is 2.69. The maximum Gasteiger partial charge on any atom is 0.133 e. The largest absolute Gasteiger partial charge is 0.364 e. The second-order valence-corrected chi connectivity index (χ2v) is 4.15. The molecule has 19 heavy (non-hydrogen) atoms. The number of pyridine rings is 1. The van der Waals surface area contributed by atoms with Crippen LogP contribution in [0.4, 0.5) is 11.6 Å². The van der Waals surface area contributed by atoms with Gasteiger partial charge in [0.2, 0.25) is 0 Å². The first-order chi connectivity index (χ1) is 9.29. The lowest BCUT2D eigenvalue weighted by Crippen LogP contribution is -2.25. The van der Waals surface area contributed by atoms with E-state index in [1.807, 2.05) is 36.2 Å². The summed E-state index contributed by atoms with van der Waals surface area (Å²) in [6.45, 7) is 1.99. The molecule has 0 aliphatic heterocycles. The Bertz CT molecular complexity index is 501. The van der Waals surface area contributed by atoms with Crippen molar-refractivity contribution in [2.24, 2.45) is 5.73 Å². The summed E-state index contributed by atoms with van der Waals surface area (Å²) < 4.78 is 0. The van der Waals surface area contributed by atoms with Gasteiger partial charge >= 0.3 is 0 Å². The lowest BCUT2D eigenvalue weighted by molar-refractivity contribution is 0.863. The molecule has 0 saturated heterocycles. The minimum atomic E-state index is 0.594. The Labute approximate surface area is 112 Å². The van der Waals surface area contributed by atoms with E-state index in [1.165, 1.54) is 0 Å². The predicted octanol–water partition coefficient (Wildman–Crippen LogP) is 0.879. The van der Waals surface area contributed by atoms with Crippen LogP contribution in [0.25, 0.3) is 0 Å². The molecule has 0 fully saturated rings. The van der Waals surface area contributed by atoms with E-state index in [-0.39, 0.29) is 0 Å². The highest BCUT2D eigenvalue weighted by molar-refractivity contribution is 5.47. The summed E-state index contributed by atoms with van der Waals surface area (Å²) in [7, 11) is 1.96. The van der Waals surface area contributed by atoms with E-state index in [0.29, 0.717) is 13.1 Å². The van der Waals surface area contributed by atoms with Crippen LogP contribution in [0.2, 0.25) is 0 Å². The van der Waals surface area contributed by atoms with Gasteiger partial charge in [0.05, 0.1) is 12.2 Å². The van der Waals surface area contributed by atoms with Gasteiger partial charge in [0.1, 0.15) is 18.0 Å². The second kappa shape index (κ2) is 6.65. The Morgan fingerprint density at radius 1 is 1.26 bits per heavy atom. The Morgan fingerprint density at radius 2 is 2.16 bits per heavy atom. The van der Waals surface area contributed by atoms with Crippen molar-refractivity contribution in [1.82, 2.24) is 15.0 Å². The van der Waals surface area contributed by atoms with Gasteiger partial charge in [0, 0.05) is 32.4 Å². The average molecular weight is 258 g/mol. The van der Waals surface area contributed by atoms with Crippen LogP contribution in [0.3, 0.4) is 0 Å². The average Bonchev–Trinajstić information content (AvgIpc) is 2.47. The molecular weight excluding hydrogens is 240 g/mol. The standard InChI is InChI=1S/C13H18N6/c1-19(7-5-14)13-8-12(17-10-18-13)16-9-11-4-2-3-6-15-11/h2-4,6,8,10H,5,7,9,14H2,1H3,(H,16,17,18). The van der Waals surface area contributed by atoms with Crippen molar-refractivity contribution in [2.45, 2.75) is 6.54 Å². The molecule has 6 heteroatoms. The highest BCUT2D eigenvalue weighted by Crippen LogP contribution is 2.12. The van der Waals surface area contributed by atoms with E-state index in [9.17, 15) is 0 Å². The molecule has 0 atom stereocenters. The zero-order valence-corrected chi connectivity index (χ0v) is 11.0. The van der Waals surface area contributed by atoms with E-state index in [0.717, 1.165) is 23.9 Å². The summed E-state index contributed by atoms with van der Waals surface area (Å²) >= 11 is 0. The number of anilines is 2. The van der Waals surface area contributed by atoms with Gasteiger partial charge in [-0.05, 0) is 12.1 Å². The van der Waals surface area contributed by atoms with Gasteiger partial charge in [0.15, 0.2) is 0 Å². The maximum absolute atomic E-state index is 5.53. The number of nitrogens with one attached hydrogen (secondary N) is 1. The topological polar surface area (TPSA) is 80.0 Å². The van der Waals surface area contributed by atoms with Crippen LogP contribution in [-0.4, -0.2) is 35.1 Å². The number of rotatable bonds is 6. The van der Waals surface area contributed by atoms with Gasteiger partial charge in [-0.15, -0.1) is 0 Å². The van der Waals surface area contributed by atoms with Crippen LogP contribution < -0.4 is 16.0 Å². The molecule has 0 aromatic carbocycles. The number of likely N-dealkylation sites (N-methyl/N-ethyl adjacent to an activating group) is 1. The molecule has 2 heterocycles. The Morgan fingerprint density at radius 3 is 2.89 bits per heavy atom. The number of aromatic nitrogens is 3. The van der Waals surface area contributed by atoms with Crippen LogP contribution in [0.5, 0.6) is 0 Å². The monoisotopic (exact) mass is 258 g/mol. The van der Waals surface area contributed by atoms with Crippen LogP contribution in [0.1, 0.15) is 5.69 Å². The smallest absolute Gasteiger partial charge is 0.133 e. The van der Waals surface area contributed by atoms with E-state index in [4.69, 9.17) is 5.73 Å². The Kier molecular flexibility index (Phi) is 4.63. The Balaban J connectivity index is 1.99. The number of hydrogen-bond donors (Lipinski definition) is 2. The molecular formula is C13H18N6. The lowest BCUT2D eigenvalue weighted by atomic mass is 10.3. The fraction of sp³-hybridized carbons (Fsp3) is 0.308. The second-order valence-electron chi connectivity index (χ2n) is 4.15. The van der Waals surface area contributed by atoms with Gasteiger partial charge in [-0.3, -0.25) is 4.98 Å². The van der Waals surface area contributed by atoms with E-state index in [1.54, 1.807) is 12.5 Å². The fourth-order valence-corrected chi connectivity index (χ4v) is 1.64. The van der Waals surface area contributed by atoms with Gasteiger partial charge < -0.3 is 16.0 Å². The normalized spacial score (nSPS) is 10.2. The molecule has 0 saturated carbocycles. The minimum absolute atomic E-state index is 0.594. The molecule has 0 radical (unpaired) electrons. The summed E-state index contributed by atoms with van der Waals surface area (Å²) in [5, 5.41) is 3.23. The maximum atomic E-state index is 5.53. The van der Waals surface area contributed by atoms with Crippen molar-refractivity contribution in [1.29, 1.82) is 0 Å². The van der Waals surface area contributed by atoms with Crippen molar-refractivity contribution in [3.8, 4) is 0 Å². The molecule has 6 nitrogen and oxygen atoms in total. The fourth-order valence-electron chi connectivity index (χ4n) is 1.64. The molecule has 0 spiro atoms. The molecule has 2 rings (SSSR count). The Hall–Kier alpha value is -2.21. The van der Waals surface area contributed by atoms with Gasteiger partial charge in [-0.25, -0.2) is 9.97 Å². The summed E-state index contributed by atoms with van der Waals surface area (Å²) in [5.74, 6) is 1.63. The minimum Gasteiger partial charge on any atom is -0.364 e. The summed E-state index contributed by atoms with van der Waals surface area (Å²) in [5.41, 5.74) is 6.50. The number of hydrogen-bond acceptors (Lipinski definition) is 6. The van der Waals surface area contributed by atoms with Gasteiger partial charge in [-0.1, -0.05) is 6.07 Å². The molecule has 0 bridgehead atoms. The molecule has 0 unspecified atom stereocenters. The summed E-state index contributed by atoms with van der Waals surface area (Å²) in [4.78, 5) is 14.6. The molecule has 100 valence electrons. The van der Waals surface area contributed by atoms with Crippen LogP contribution in [0.15, 0.2) is 36.8 Å². The molecule has 0 aliphatic carbocycles. The highest BCUT2D eigenvalue weighted by atomic mass is 15.2. The molecule has 0 aliphatic rings. The third kappa shape index (κ3) is 3.89. The van der Waals surface area contributed by atoms with Crippen molar-refractivity contribution in [3.63, 3.8) is 0 Å². The predicted molar refractivity (Wildman–Crippen MR) is 75.9 cm³/mol. The van der Waals surface area contributed by atoms with E-state index < -0.39 is 0 Å². The summed E-state index contributed by atoms with van der Waals surface area (Å²) in [6.07, 6.45) is 3.32. The van der Waals surface area contributed by atoms with Gasteiger partial charge in [-0.2, -0.15) is 0 Å². The van der Waals surface area contributed by atoms with Gasteiger partial charge in [0.25, 0.3) is 0 Å². The first-order valence-electron chi connectivity index (χ1n) is 6.16. The van der Waals surface area contributed by atoms with E-state index in [2.05, 4.69) is 20.3 Å². The zero-order chi connectivity index (χ0) is 13.5. The number of nitrogens with two attached hydrogens (primary N) is 1. The lowest BCUT2D eigenvalue weighted by Gasteiger charge is -2.17. The molecule has 2 aromatic heterocycles. The van der Waals surface area contributed by atoms with Crippen molar-refractivity contribution >= 4 is 11.6 Å². The first-order valence-corrected chi connectivity index (χ1v) is 6.16. The van der Waals surface area contributed by atoms with Crippen LogP contribution in [0, 0.1) is 0 Å². The molecule has 2 aromatic rings. The van der Waals surface area contributed by atoms with Crippen molar-refractivity contribution in [3.05, 3.63) is 42.5 Å². The summed E-state index contributed by atoms with van der Waals surface area (Å²) in [6, 6.07) is 7.73. The SMILES string of the molecule is CN(CCN)c1cc(NCc2ccccn2)ncn1. The third-order valence-electron chi connectivity index (χ3n) is 2.69. The van der Waals surface area contributed by atoms with Crippen LogP contribution >= 0.6 is 0 Å². The molecule has 3 N–H and O–H groups in total. The van der Waals surface area contributed by atoms with Crippen molar-refractivity contribution in [2.75, 3.05) is 30.4 Å². The highest BCUT2D eigenvalue weighted by Gasteiger charge is 2.03. The zero-order valence-electron chi connectivity index (χ0n) is 11.0. The first kappa shape index (κ1) is 13.2. The number of nitrogens with zero attached hydrogens (tertiary/aromatic N) is 4. The van der Waals surface area contributed by atoms with Crippen LogP contribution in [-0.2, 0) is 6.54 Å². The van der Waals surface area contributed by atoms with Crippen molar-refractivity contribution < 1.29 is 0 Å². The quantitative estimate of drug-likeness (QED) is 0.800.